The number of nitrogens with zero attached hydrogens (tertiary/aromatic N) is 1. The molecule has 0 radical (unpaired) electrons. The molecule has 0 aliphatic rings. The van der Waals surface area contributed by atoms with E-state index >= 15 is 0 Å². The number of nitrogens with two attached hydrogens (primary N) is 1. The number of fused-ring (bicyclic) bond motifs is 1. The van der Waals surface area contributed by atoms with Crippen LogP contribution in [0.15, 0.2) is 34.9 Å². The number of thiazole rings is 1. The third-order valence-electron chi connectivity index (χ3n) is 2.93. The van der Waals surface area contributed by atoms with Gasteiger partial charge in [0, 0.05) is 13.0 Å². The van der Waals surface area contributed by atoms with Crippen molar-refractivity contribution >= 4 is 32.9 Å². The molecule has 5 heteroatoms. The molecule has 3 N–H and O–H groups in total. The Morgan fingerprint density at radius 3 is 3.11 bits per heavy atom. The fourth-order valence-electron chi connectivity index (χ4n) is 2.03. The van der Waals surface area contributed by atoms with Gasteiger partial charge >= 0.3 is 0 Å². The lowest BCUT2D eigenvalue weighted by atomic mass is 10.2. The Balaban J connectivity index is 1.74. The van der Waals surface area contributed by atoms with Gasteiger partial charge in [0.2, 0.25) is 0 Å². The quantitative estimate of drug-likeness (QED) is 0.715. The molecule has 0 bridgehead atoms. The number of nitrogens with one attached hydrogen (secondary N) is 1. The molecule has 3 rings (SSSR count). The third kappa shape index (κ3) is 2.56. The summed E-state index contributed by atoms with van der Waals surface area (Å²) in [7, 11) is 0. The molecule has 0 aliphatic carbocycles. The minimum atomic E-state index is 0.760. The molecule has 3 aromatic rings. The Morgan fingerprint density at radius 1 is 1.42 bits per heavy atom. The van der Waals surface area contributed by atoms with Gasteiger partial charge in [0.25, 0.3) is 0 Å². The van der Waals surface area contributed by atoms with Crippen LogP contribution in [0.1, 0.15) is 10.8 Å². The number of hydrogen-bond donors (Lipinski definition) is 2. The maximum absolute atomic E-state index is 6.05. The summed E-state index contributed by atoms with van der Waals surface area (Å²) in [6, 6.07) is 7.86. The summed E-state index contributed by atoms with van der Waals surface area (Å²) >= 11 is 1.66. The zero-order valence-corrected chi connectivity index (χ0v) is 11.5. The van der Waals surface area contributed by atoms with Crippen molar-refractivity contribution in [1.82, 2.24) is 4.98 Å². The van der Waals surface area contributed by atoms with E-state index in [-0.39, 0.29) is 0 Å². The van der Waals surface area contributed by atoms with Crippen LogP contribution in [0, 0.1) is 6.92 Å². The number of anilines is 2. The summed E-state index contributed by atoms with van der Waals surface area (Å²) in [4.78, 5) is 4.48. The molecule has 1 aromatic carbocycles. The van der Waals surface area contributed by atoms with Crippen LogP contribution in [-0.4, -0.2) is 11.5 Å². The first-order chi connectivity index (χ1) is 9.22. The van der Waals surface area contributed by atoms with Crippen molar-refractivity contribution in [2.45, 2.75) is 13.3 Å². The standard InChI is InChI=1S/C14H15N3OS/c1-9-17-13-8-12(11(15)7-14(13)19-9)16-5-4-10-3-2-6-18-10/h2-3,6-8,16H,4-5,15H2,1H3. The smallest absolute Gasteiger partial charge is 0.105 e. The highest BCUT2D eigenvalue weighted by molar-refractivity contribution is 7.18. The van der Waals surface area contributed by atoms with Crippen LogP contribution in [0.3, 0.4) is 0 Å². The maximum atomic E-state index is 6.05. The van der Waals surface area contributed by atoms with Crippen molar-refractivity contribution in [1.29, 1.82) is 0 Å². The lowest BCUT2D eigenvalue weighted by Crippen LogP contribution is -2.06. The number of aryl methyl sites for hydroxylation is 1. The summed E-state index contributed by atoms with van der Waals surface area (Å²) in [5.74, 6) is 0.969. The monoisotopic (exact) mass is 273 g/mol. The van der Waals surface area contributed by atoms with E-state index in [1.54, 1.807) is 17.6 Å². The second-order valence-corrected chi connectivity index (χ2v) is 5.63. The second-order valence-electron chi connectivity index (χ2n) is 4.40. The molecule has 2 heterocycles. The Labute approximate surface area is 115 Å². The molecule has 2 aromatic heterocycles. The van der Waals surface area contributed by atoms with Gasteiger partial charge in [-0.25, -0.2) is 4.98 Å². The third-order valence-corrected chi connectivity index (χ3v) is 3.87. The molecule has 0 unspecified atom stereocenters. The molecular formula is C14H15N3OS. The van der Waals surface area contributed by atoms with Crippen molar-refractivity contribution in [3.8, 4) is 0 Å². The van der Waals surface area contributed by atoms with Gasteiger partial charge in [0.1, 0.15) is 5.76 Å². The van der Waals surface area contributed by atoms with Gasteiger partial charge in [0.05, 0.1) is 32.9 Å². The zero-order chi connectivity index (χ0) is 13.2. The van der Waals surface area contributed by atoms with Crippen LogP contribution < -0.4 is 11.1 Å². The normalized spacial score (nSPS) is 11.0. The highest BCUT2D eigenvalue weighted by atomic mass is 32.1. The topological polar surface area (TPSA) is 64.1 Å². The van der Waals surface area contributed by atoms with Gasteiger partial charge in [-0.2, -0.15) is 0 Å². The largest absolute Gasteiger partial charge is 0.469 e. The molecule has 98 valence electrons. The fourth-order valence-corrected chi connectivity index (χ4v) is 2.89. The van der Waals surface area contributed by atoms with E-state index in [0.29, 0.717) is 0 Å². The van der Waals surface area contributed by atoms with Gasteiger partial charge in [0.15, 0.2) is 0 Å². The summed E-state index contributed by atoms with van der Waals surface area (Å²) in [6.07, 6.45) is 2.52. The molecular weight excluding hydrogens is 258 g/mol. The van der Waals surface area contributed by atoms with Crippen LogP contribution >= 0.6 is 11.3 Å². The first-order valence-corrected chi connectivity index (χ1v) is 6.97. The fraction of sp³-hybridized carbons (Fsp3) is 0.214. The summed E-state index contributed by atoms with van der Waals surface area (Å²) < 4.78 is 6.42. The minimum absolute atomic E-state index is 0.760. The Bertz CT molecular complexity index is 688. The van der Waals surface area contributed by atoms with Crippen molar-refractivity contribution in [3.63, 3.8) is 0 Å². The Kier molecular flexibility index (Phi) is 3.13. The van der Waals surface area contributed by atoms with E-state index in [1.807, 2.05) is 31.2 Å². The van der Waals surface area contributed by atoms with Crippen LogP contribution in [0.5, 0.6) is 0 Å². The Morgan fingerprint density at radius 2 is 2.32 bits per heavy atom. The van der Waals surface area contributed by atoms with E-state index in [4.69, 9.17) is 10.2 Å². The van der Waals surface area contributed by atoms with Crippen LogP contribution in [0.25, 0.3) is 10.2 Å². The molecule has 0 amide bonds. The molecule has 0 atom stereocenters. The zero-order valence-electron chi connectivity index (χ0n) is 10.6. The molecule has 4 nitrogen and oxygen atoms in total. The first kappa shape index (κ1) is 12.0. The molecule has 0 saturated heterocycles. The van der Waals surface area contributed by atoms with E-state index < -0.39 is 0 Å². The summed E-state index contributed by atoms with van der Waals surface area (Å²) in [5, 5.41) is 4.39. The number of aromatic nitrogens is 1. The minimum Gasteiger partial charge on any atom is -0.469 e. The van der Waals surface area contributed by atoms with Gasteiger partial charge in [-0.3, -0.25) is 0 Å². The maximum Gasteiger partial charge on any atom is 0.105 e. The number of rotatable bonds is 4. The number of hydrogen-bond acceptors (Lipinski definition) is 5. The second kappa shape index (κ2) is 4.93. The van der Waals surface area contributed by atoms with E-state index in [0.717, 1.165) is 45.3 Å². The van der Waals surface area contributed by atoms with Gasteiger partial charge < -0.3 is 15.5 Å². The highest BCUT2D eigenvalue weighted by Crippen LogP contribution is 2.29. The molecule has 0 saturated carbocycles. The molecule has 0 spiro atoms. The average Bonchev–Trinajstić information content (AvgIpc) is 2.98. The predicted octanol–water partition coefficient (Wildman–Crippen LogP) is 3.43. The Hall–Kier alpha value is -2.01. The van der Waals surface area contributed by atoms with Crippen LogP contribution in [0.4, 0.5) is 11.4 Å². The van der Waals surface area contributed by atoms with Gasteiger partial charge in [-0.1, -0.05) is 0 Å². The van der Waals surface area contributed by atoms with Gasteiger partial charge in [-0.05, 0) is 31.2 Å². The molecule has 0 aliphatic heterocycles. The predicted molar refractivity (Wildman–Crippen MR) is 79.7 cm³/mol. The number of benzene rings is 1. The summed E-state index contributed by atoms with van der Waals surface area (Å²) in [6.45, 7) is 2.79. The molecule has 0 fully saturated rings. The van der Waals surface area contributed by atoms with Crippen molar-refractivity contribution < 1.29 is 4.42 Å². The lowest BCUT2D eigenvalue weighted by molar-refractivity contribution is 0.513. The number of furan rings is 1. The first-order valence-electron chi connectivity index (χ1n) is 6.15. The highest BCUT2D eigenvalue weighted by Gasteiger charge is 2.06. The van der Waals surface area contributed by atoms with E-state index in [1.165, 1.54) is 0 Å². The van der Waals surface area contributed by atoms with E-state index in [9.17, 15) is 0 Å². The van der Waals surface area contributed by atoms with Crippen molar-refractivity contribution in [2.24, 2.45) is 0 Å². The van der Waals surface area contributed by atoms with Gasteiger partial charge in [-0.15, -0.1) is 11.3 Å². The van der Waals surface area contributed by atoms with E-state index in [2.05, 4.69) is 10.3 Å². The summed E-state index contributed by atoms with van der Waals surface area (Å²) in [5.41, 5.74) is 8.74. The molecule has 19 heavy (non-hydrogen) atoms. The SMILES string of the molecule is Cc1nc2cc(NCCc3ccco3)c(N)cc2s1. The van der Waals surface area contributed by atoms with Crippen molar-refractivity contribution in [2.75, 3.05) is 17.6 Å². The number of nitrogen functional groups attached to an aromatic ring is 1. The van der Waals surface area contributed by atoms with Crippen molar-refractivity contribution in [3.05, 3.63) is 41.3 Å². The van der Waals surface area contributed by atoms with Crippen LogP contribution in [0.2, 0.25) is 0 Å². The lowest BCUT2D eigenvalue weighted by Gasteiger charge is -2.08. The van der Waals surface area contributed by atoms with Crippen LogP contribution in [-0.2, 0) is 6.42 Å². The average molecular weight is 273 g/mol.